The van der Waals surface area contributed by atoms with Gasteiger partial charge in [-0.05, 0) is 37.1 Å². The molecule has 0 atom stereocenters. The summed E-state index contributed by atoms with van der Waals surface area (Å²) in [5.74, 6) is -0.270. The molecule has 1 aliphatic carbocycles. The molecule has 0 aliphatic heterocycles. The van der Waals surface area contributed by atoms with Crippen LogP contribution in [0.3, 0.4) is 0 Å². The summed E-state index contributed by atoms with van der Waals surface area (Å²) in [6.07, 6.45) is 2.33. The topological polar surface area (TPSA) is 82.2 Å². The number of carbonyl (C=O) groups excluding carboxylic acids is 1. The van der Waals surface area contributed by atoms with Gasteiger partial charge in [0.05, 0.1) is 5.84 Å². The van der Waals surface area contributed by atoms with E-state index in [4.69, 9.17) is 11.1 Å². The van der Waals surface area contributed by atoms with Crippen LogP contribution in [0, 0.1) is 11.2 Å². The number of benzene rings is 1. The van der Waals surface area contributed by atoms with Gasteiger partial charge < -0.3 is 16.0 Å². The van der Waals surface area contributed by atoms with Crippen molar-refractivity contribution in [1.82, 2.24) is 4.90 Å². The minimum Gasteiger partial charge on any atom is -0.388 e. The fourth-order valence-corrected chi connectivity index (χ4v) is 1.81. The fourth-order valence-electron chi connectivity index (χ4n) is 1.81. The van der Waals surface area contributed by atoms with Crippen molar-refractivity contribution in [2.45, 2.75) is 25.3 Å². The quantitative estimate of drug-likeness (QED) is 0.562. The van der Waals surface area contributed by atoms with Crippen LogP contribution in [-0.4, -0.2) is 29.4 Å². The van der Waals surface area contributed by atoms with Crippen LogP contribution in [0.4, 0.5) is 14.9 Å². The number of amides is 2. The molecule has 2 amide bonds. The third kappa shape index (κ3) is 3.94. The minimum absolute atomic E-state index is 0.0697. The molecule has 4 N–H and O–H groups in total. The molecule has 0 saturated heterocycles. The number of hydrogen-bond donors (Lipinski definition) is 3. The van der Waals surface area contributed by atoms with Crippen molar-refractivity contribution in [3.8, 4) is 0 Å². The molecule has 1 aromatic carbocycles. The van der Waals surface area contributed by atoms with Gasteiger partial charge in [-0.25, -0.2) is 9.18 Å². The van der Waals surface area contributed by atoms with Gasteiger partial charge in [0.2, 0.25) is 0 Å². The lowest BCUT2D eigenvalue weighted by Gasteiger charge is -2.22. The van der Waals surface area contributed by atoms with Gasteiger partial charge in [-0.3, -0.25) is 5.41 Å². The molecule has 1 aromatic rings. The van der Waals surface area contributed by atoms with E-state index >= 15 is 0 Å². The number of amidine groups is 1. The first-order valence-corrected chi connectivity index (χ1v) is 6.22. The zero-order chi connectivity index (χ0) is 13.8. The molecule has 0 bridgehead atoms. The molecule has 5 nitrogen and oxygen atoms in total. The number of nitrogens with one attached hydrogen (secondary N) is 2. The number of rotatable bonds is 5. The number of nitrogens with zero attached hydrogens (tertiary/aromatic N) is 1. The van der Waals surface area contributed by atoms with E-state index in [9.17, 15) is 9.18 Å². The third-order valence-electron chi connectivity index (χ3n) is 2.97. The molecule has 0 radical (unpaired) electrons. The van der Waals surface area contributed by atoms with Gasteiger partial charge in [0.1, 0.15) is 5.82 Å². The van der Waals surface area contributed by atoms with Crippen LogP contribution in [0.5, 0.6) is 0 Å². The van der Waals surface area contributed by atoms with Crippen molar-refractivity contribution in [3.05, 3.63) is 30.1 Å². The number of anilines is 1. The maximum Gasteiger partial charge on any atom is 0.322 e. The van der Waals surface area contributed by atoms with Gasteiger partial charge in [0.15, 0.2) is 0 Å². The first-order chi connectivity index (χ1) is 9.06. The van der Waals surface area contributed by atoms with Crippen molar-refractivity contribution in [2.75, 3.05) is 11.9 Å². The lowest BCUT2D eigenvalue weighted by atomic mass is 10.3. The predicted octanol–water partition coefficient (Wildman–Crippen LogP) is 2.15. The molecule has 0 spiro atoms. The zero-order valence-corrected chi connectivity index (χ0v) is 10.5. The average molecular weight is 264 g/mol. The first-order valence-electron chi connectivity index (χ1n) is 6.22. The molecule has 6 heteroatoms. The normalized spacial score (nSPS) is 13.9. The van der Waals surface area contributed by atoms with E-state index in [1.54, 1.807) is 4.90 Å². The van der Waals surface area contributed by atoms with Crippen LogP contribution in [0.2, 0.25) is 0 Å². The Kier molecular flexibility index (Phi) is 3.99. The summed E-state index contributed by atoms with van der Waals surface area (Å²) in [6, 6.07) is 5.64. The average Bonchev–Trinajstić information content (AvgIpc) is 3.16. The van der Waals surface area contributed by atoms with Crippen molar-refractivity contribution in [2.24, 2.45) is 5.73 Å². The third-order valence-corrected chi connectivity index (χ3v) is 2.97. The highest BCUT2D eigenvalue weighted by molar-refractivity contribution is 5.90. The van der Waals surface area contributed by atoms with Crippen molar-refractivity contribution in [1.29, 1.82) is 5.41 Å². The highest BCUT2D eigenvalue weighted by Crippen LogP contribution is 2.27. The number of hydrogen-bond acceptors (Lipinski definition) is 2. The van der Waals surface area contributed by atoms with Gasteiger partial charge in [-0.15, -0.1) is 0 Å². The molecular weight excluding hydrogens is 247 g/mol. The van der Waals surface area contributed by atoms with E-state index in [1.807, 2.05) is 0 Å². The van der Waals surface area contributed by atoms with Crippen LogP contribution in [0.15, 0.2) is 24.3 Å². The minimum atomic E-state index is -0.339. The number of halogens is 1. The maximum absolute atomic E-state index is 12.8. The van der Waals surface area contributed by atoms with E-state index in [-0.39, 0.29) is 23.7 Å². The van der Waals surface area contributed by atoms with E-state index in [0.29, 0.717) is 18.7 Å². The first kappa shape index (κ1) is 13.3. The second-order valence-electron chi connectivity index (χ2n) is 4.64. The highest BCUT2D eigenvalue weighted by Gasteiger charge is 2.32. The Morgan fingerprint density at radius 1 is 1.42 bits per heavy atom. The second-order valence-corrected chi connectivity index (χ2v) is 4.64. The SMILES string of the molecule is N=C(N)CCN(C(=O)Nc1ccc(F)cc1)C1CC1. The predicted molar refractivity (Wildman–Crippen MR) is 71.7 cm³/mol. The van der Waals surface area contributed by atoms with E-state index in [0.717, 1.165) is 12.8 Å². The maximum atomic E-state index is 12.8. The van der Waals surface area contributed by atoms with Crippen LogP contribution >= 0.6 is 0 Å². The Labute approximate surface area is 111 Å². The van der Waals surface area contributed by atoms with E-state index in [1.165, 1.54) is 24.3 Å². The second kappa shape index (κ2) is 5.69. The molecule has 0 aromatic heterocycles. The summed E-state index contributed by atoms with van der Waals surface area (Å²) >= 11 is 0. The summed E-state index contributed by atoms with van der Waals surface area (Å²) < 4.78 is 12.8. The molecule has 19 heavy (non-hydrogen) atoms. The van der Waals surface area contributed by atoms with E-state index in [2.05, 4.69) is 5.32 Å². The summed E-state index contributed by atoms with van der Waals surface area (Å²) in [5, 5.41) is 9.94. The Bertz CT molecular complexity index is 470. The summed E-state index contributed by atoms with van der Waals surface area (Å²) in [4.78, 5) is 13.8. The molecule has 1 aliphatic rings. The number of urea groups is 1. The van der Waals surface area contributed by atoms with Crippen molar-refractivity contribution in [3.63, 3.8) is 0 Å². The van der Waals surface area contributed by atoms with Crippen LogP contribution in [0.25, 0.3) is 0 Å². The standard InChI is InChI=1S/C13H17FN4O/c14-9-1-3-10(4-2-9)17-13(19)18(11-5-6-11)8-7-12(15)16/h1-4,11H,5-8H2,(H3,15,16)(H,17,19). The van der Waals surface area contributed by atoms with Gasteiger partial charge in [0, 0.05) is 24.7 Å². The van der Waals surface area contributed by atoms with Crippen LogP contribution in [0.1, 0.15) is 19.3 Å². The van der Waals surface area contributed by atoms with Crippen molar-refractivity contribution < 1.29 is 9.18 Å². The van der Waals surface area contributed by atoms with Crippen molar-refractivity contribution >= 4 is 17.6 Å². The molecule has 0 unspecified atom stereocenters. The Balaban J connectivity index is 1.95. The zero-order valence-electron chi connectivity index (χ0n) is 10.5. The summed E-state index contributed by atoms with van der Waals surface area (Å²) in [6.45, 7) is 0.438. The smallest absolute Gasteiger partial charge is 0.322 e. The van der Waals surface area contributed by atoms with Gasteiger partial charge in [0.25, 0.3) is 0 Å². The molecule has 1 saturated carbocycles. The van der Waals surface area contributed by atoms with E-state index < -0.39 is 0 Å². The molecular formula is C13H17FN4O. The van der Waals surface area contributed by atoms with Crippen LogP contribution < -0.4 is 11.1 Å². The van der Waals surface area contributed by atoms with Gasteiger partial charge in [-0.1, -0.05) is 0 Å². The lowest BCUT2D eigenvalue weighted by Crippen LogP contribution is -2.38. The number of carbonyl (C=O) groups is 1. The molecule has 2 rings (SSSR count). The van der Waals surface area contributed by atoms with Gasteiger partial charge >= 0.3 is 6.03 Å². The molecule has 0 heterocycles. The Morgan fingerprint density at radius 2 is 2.05 bits per heavy atom. The van der Waals surface area contributed by atoms with Gasteiger partial charge in [-0.2, -0.15) is 0 Å². The largest absolute Gasteiger partial charge is 0.388 e. The summed E-state index contributed by atoms with van der Waals surface area (Å²) in [5.41, 5.74) is 5.87. The Hall–Kier alpha value is -2.11. The molecule has 102 valence electrons. The van der Waals surface area contributed by atoms with Crippen LogP contribution in [-0.2, 0) is 0 Å². The summed E-state index contributed by atoms with van der Waals surface area (Å²) in [7, 11) is 0. The fraction of sp³-hybridized carbons (Fsp3) is 0.385. The molecule has 1 fully saturated rings. The highest BCUT2D eigenvalue weighted by atomic mass is 19.1. The number of nitrogens with two attached hydrogens (primary N) is 1. The Morgan fingerprint density at radius 3 is 2.58 bits per heavy atom. The monoisotopic (exact) mass is 264 g/mol. The lowest BCUT2D eigenvalue weighted by molar-refractivity contribution is 0.210.